The standard InChI is InChI=1S/C22H26AsN3O3/c1-2-3-10-23-22-24-12-19-17-9-4-14(13-27)11-18(17)21(29)26(20(19)25-22)15-5-7-16(28)8-6-15/h4,9,11-13,15-16,23,28H,2-3,5-8,10H2,1H3. The van der Waals surface area contributed by atoms with Gasteiger partial charge in [0, 0.05) is 0 Å². The van der Waals surface area contributed by atoms with Crippen molar-refractivity contribution in [1.29, 1.82) is 0 Å². The van der Waals surface area contributed by atoms with Crippen molar-refractivity contribution in [2.24, 2.45) is 0 Å². The zero-order valence-corrected chi connectivity index (χ0v) is 18.7. The van der Waals surface area contributed by atoms with E-state index in [9.17, 15) is 14.7 Å². The molecule has 1 aliphatic carbocycles. The summed E-state index contributed by atoms with van der Waals surface area (Å²) in [5, 5.41) is 13.2. The Labute approximate surface area is 176 Å². The van der Waals surface area contributed by atoms with Crippen molar-refractivity contribution >= 4 is 48.5 Å². The molecule has 0 radical (unpaired) electrons. The number of hydrogen-bond acceptors (Lipinski definition) is 5. The third-order valence-electron chi connectivity index (χ3n) is 5.76. The summed E-state index contributed by atoms with van der Waals surface area (Å²) >= 11 is -0.426. The van der Waals surface area contributed by atoms with Crippen molar-refractivity contribution in [1.82, 2.24) is 14.5 Å². The SMILES string of the molecule is CCCC[AsH]c1ncc2c3ccc(C=O)cc3c(=O)n(C3CCC(O)CC3)c2n1. The van der Waals surface area contributed by atoms with Crippen molar-refractivity contribution in [3.63, 3.8) is 0 Å². The van der Waals surface area contributed by atoms with E-state index in [1.165, 1.54) is 6.42 Å². The van der Waals surface area contributed by atoms with E-state index in [0.29, 0.717) is 29.4 Å². The first-order chi connectivity index (χ1) is 14.1. The van der Waals surface area contributed by atoms with Gasteiger partial charge < -0.3 is 0 Å². The molecule has 0 saturated heterocycles. The van der Waals surface area contributed by atoms with Gasteiger partial charge in [-0.1, -0.05) is 0 Å². The number of rotatable bonds is 6. The van der Waals surface area contributed by atoms with Gasteiger partial charge in [-0.15, -0.1) is 0 Å². The number of aromatic nitrogens is 3. The van der Waals surface area contributed by atoms with Crippen molar-refractivity contribution in [2.75, 3.05) is 0 Å². The normalized spacial score (nSPS) is 20.1. The number of hydrogen-bond donors (Lipinski definition) is 1. The van der Waals surface area contributed by atoms with Crippen LogP contribution in [0.25, 0.3) is 21.8 Å². The molecule has 1 unspecified atom stereocenters. The molecule has 0 bridgehead atoms. The van der Waals surface area contributed by atoms with Gasteiger partial charge in [-0.3, -0.25) is 0 Å². The summed E-state index contributed by atoms with van der Waals surface area (Å²) in [6.07, 6.45) is 7.55. The average Bonchev–Trinajstić information content (AvgIpc) is 2.75. The maximum absolute atomic E-state index is 13.5. The maximum atomic E-state index is 13.5. The van der Waals surface area contributed by atoms with E-state index in [1.54, 1.807) is 12.1 Å². The Bertz CT molecular complexity index is 1100. The van der Waals surface area contributed by atoms with E-state index in [2.05, 4.69) is 11.9 Å². The molecular formula is C22H26AsN3O3. The first kappa shape index (κ1) is 20.2. The van der Waals surface area contributed by atoms with E-state index in [-0.39, 0.29) is 17.7 Å². The quantitative estimate of drug-likeness (QED) is 0.267. The Balaban J connectivity index is 1.93. The van der Waals surface area contributed by atoms with Crippen LogP contribution in [-0.2, 0) is 0 Å². The summed E-state index contributed by atoms with van der Waals surface area (Å²) in [5.41, 5.74) is 1.09. The van der Waals surface area contributed by atoms with E-state index in [4.69, 9.17) is 4.98 Å². The van der Waals surface area contributed by atoms with Gasteiger partial charge in [0.2, 0.25) is 0 Å². The number of carbonyl (C=O) groups is 1. The number of aliphatic hydroxyl groups is 1. The van der Waals surface area contributed by atoms with Crippen LogP contribution in [0.5, 0.6) is 0 Å². The molecule has 152 valence electrons. The van der Waals surface area contributed by atoms with Gasteiger partial charge >= 0.3 is 176 Å². The van der Waals surface area contributed by atoms with Crippen LogP contribution >= 0.6 is 0 Å². The molecule has 7 heteroatoms. The number of unbranched alkanes of at least 4 members (excludes halogenated alkanes) is 1. The fourth-order valence-corrected chi connectivity index (χ4v) is 6.43. The summed E-state index contributed by atoms with van der Waals surface area (Å²) in [6, 6.07) is 5.24. The van der Waals surface area contributed by atoms with Gasteiger partial charge in [0.25, 0.3) is 0 Å². The fourth-order valence-electron chi connectivity index (χ4n) is 4.14. The number of pyridine rings is 1. The van der Waals surface area contributed by atoms with Crippen LogP contribution in [0.3, 0.4) is 0 Å². The molecule has 1 fully saturated rings. The van der Waals surface area contributed by atoms with Crippen LogP contribution in [0.1, 0.15) is 61.8 Å². The molecule has 4 rings (SSSR count). The predicted octanol–water partition coefficient (Wildman–Crippen LogP) is 2.51. The first-order valence-corrected chi connectivity index (χ1v) is 12.9. The van der Waals surface area contributed by atoms with Crippen LogP contribution in [0.15, 0.2) is 29.2 Å². The van der Waals surface area contributed by atoms with Gasteiger partial charge in [-0.05, 0) is 0 Å². The van der Waals surface area contributed by atoms with Gasteiger partial charge in [-0.25, -0.2) is 0 Å². The molecule has 0 aliphatic heterocycles. The Morgan fingerprint density at radius 2 is 2.00 bits per heavy atom. The molecule has 1 N–H and O–H groups in total. The molecule has 1 atom stereocenters. The van der Waals surface area contributed by atoms with E-state index in [1.807, 2.05) is 16.8 Å². The van der Waals surface area contributed by atoms with Crippen molar-refractivity contribution in [3.05, 3.63) is 40.3 Å². The number of aldehydes is 1. The zero-order valence-electron chi connectivity index (χ0n) is 16.6. The molecule has 0 amide bonds. The Kier molecular flexibility index (Phi) is 6.12. The van der Waals surface area contributed by atoms with Crippen molar-refractivity contribution in [3.8, 4) is 0 Å². The summed E-state index contributed by atoms with van der Waals surface area (Å²) < 4.78 is 2.70. The second kappa shape index (κ2) is 8.76. The van der Waals surface area contributed by atoms with Crippen LogP contribution in [0.4, 0.5) is 0 Å². The summed E-state index contributed by atoms with van der Waals surface area (Å²) in [5.74, 6) is 0. The Morgan fingerprint density at radius 1 is 1.21 bits per heavy atom. The number of aliphatic hydroxyl groups excluding tert-OH is 1. The molecule has 29 heavy (non-hydrogen) atoms. The number of fused-ring (bicyclic) bond motifs is 3. The van der Waals surface area contributed by atoms with Gasteiger partial charge in [0.15, 0.2) is 0 Å². The van der Waals surface area contributed by atoms with Gasteiger partial charge in [0.05, 0.1) is 0 Å². The van der Waals surface area contributed by atoms with E-state index < -0.39 is 15.8 Å². The monoisotopic (exact) mass is 455 g/mol. The van der Waals surface area contributed by atoms with Crippen LogP contribution in [0, 0.1) is 0 Å². The summed E-state index contributed by atoms with van der Waals surface area (Å²) in [6.45, 7) is 2.18. The zero-order chi connectivity index (χ0) is 20.4. The second-order valence-electron chi connectivity index (χ2n) is 7.77. The van der Waals surface area contributed by atoms with E-state index >= 15 is 0 Å². The molecule has 1 aromatic carbocycles. The third-order valence-corrected chi connectivity index (χ3v) is 8.20. The first-order valence-electron chi connectivity index (χ1n) is 10.3. The molecule has 1 saturated carbocycles. The minimum absolute atomic E-state index is 0.0103. The number of benzene rings is 1. The average molecular weight is 455 g/mol. The van der Waals surface area contributed by atoms with E-state index in [0.717, 1.165) is 46.1 Å². The van der Waals surface area contributed by atoms with Crippen LogP contribution in [-0.4, -0.2) is 47.8 Å². The van der Waals surface area contributed by atoms with Crippen LogP contribution < -0.4 is 10.2 Å². The Hall–Kier alpha value is -2.04. The van der Waals surface area contributed by atoms with Gasteiger partial charge in [0.1, 0.15) is 0 Å². The van der Waals surface area contributed by atoms with Crippen molar-refractivity contribution < 1.29 is 9.90 Å². The summed E-state index contributed by atoms with van der Waals surface area (Å²) in [7, 11) is 0. The second-order valence-corrected chi connectivity index (χ2v) is 10.5. The van der Waals surface area contributed by atoms with Crippen molar-refractivity contribution in [2.45, 2.75) is 62.8 Å². The number of nitrogens with zero attached hydrogens (tertiary/aromatic N) is 3. The van der Waals surface area contributed by atoms with Gasteiger partial charge in [-0.2, -0.15) is 0 Å². The molecule has 2 aromatic heterocycles. The number of carbonyl (C=O) groups excluding carboxylic acids is 1. The van der Waals surface area contributed by atoms with Crippen LogP contribution in [0.2, 0.25) is 5.21 Å². The molecule has 3 aromatic rings. The molecule has 6 nitrogen and oxygen atoms in total. The molecule has 0 spiro atoms. The topological polar surface area (TPSA) is 85.1 Å². The fraction of sp³-hybridized carbons (Fsp3) is 0.455. The molecule has 1 aliphatic rings. The Morgan fingerprint density at radius 3 is 2.72 bits per heavy atom. The predicted molar refractivity (Wildman–Crippen MR) is 117 cm³/mol. The minimum atomic E-state index is -0.426. The summed E-state index contributed by atoms with van der Waals surface area (Å²) in [4.78, 5) is 34.2. The third kappa shape index (κ3) is 4.01. The molecule has 2 heterocycles. The molecular weight excluding hydrogens is 429 g/mol.